The monoisotopic (exact) mass is 356 g/mol. The van der Waals surface area contributed by atoms with E-state index in [0.29, 0.717) is 18.2 Å². The predicted molar refractivity (Wildman–Crippen MR) is 92.9 cm³/mol. The predicted octanol–water partition coefficient (Wildman–Crippen LogP) is 2.99. The molecule has 26 heavy (non-hydrogen) atoms. The Labute approximate surface area is 151 Å². The van der Waals surface area contributed by atoms with Crippen LogP contribution in [0.5, 0.6) is 5.75 Å². The summed E-state index contributed by atoms with van der Waals surface area (Å²) in [5, 5.41) is 8.10. The number of aryl methyl sites for hydroxylation is 4. The third-order valence-corrected chi connectivity index (χ3v) is 4.02. The van der Waals surface area contributed by atoms with E-state index in [0.717, 1.165) is 41.0 Å². The molecule has 0 saturated heterocycles. The number of aromatic nitrogens is 3. The van der Waals surface area contributed by atoms with Crippen molar-refractivity contribution in [2.24, 2.45) is 7.05 Å². The molecule has 0 aliphatic rings. The summed E-state index contributed by atoms with van der Waals surface area (Å²) in [4.78, 5) is 12.6. The smallest absolute Gasteiger partial charge is 0.363 e. The lowest BCUT2D eigenvalue weighted by Gasteiger charge is -2.12. The van der Waals surface area contributed by atoms with E-state index in [1.165, 1.54) is 11.8 Å². The van der Waals surface area contributed by atoms with Crippen molar-refractivity contribution in [2.75, 3.05) is 6.61 Å². The van der Waals surface area contributed by atoms with Crippen molar-refractivity contribution < 1.29 is 23.4 Å². The van der Waals surface area contributed by atoms with Gasteiger partial charge in [0.15, 0.2) is 16.7 Å². The molecule has 0 radical (unpaired) electrons. The summed E-state index contributed by atoms with van der Waals surface area (Å²) in [6, 6.07) is 7.52. The molecule has 2 heterocycles. The standard InChI is InChI=1S/C19H22N3O4/c1-12-10-15(19-20-22(4)26-21-19)11-13(2)18(12)24-9-5-6-16-7-8-17(25-16)14(3)23/h7-8,10-11H,5-6,9H2,1-4H3/q+1. The molecule has 0 unspecified atom stereocenters. The maximum absolute atomic E-state index is 11.2. The molecule has 0 atom stereocenters. The van der Waals surface area contributed by atoms with Crippen LogP contribution in [-0.2, 0) is 13.5 Å². The Bertz CT molecular complexity index is 904. The summed E-state index contributed by atoms with van der Waals surface area (Å²) >= 11 is 0. The van der Waals surface area contributed by atoms with Crippen LogP contribution in [0.25, 0.3) is 11.4 Å². The van der Waals surface area contributed by atoms with Crippen molar-refractivity contribution in [1.29, 1.82) is 0 Å². The largest absolute Gasteiger partial charge is 0.493 e. The highest BCUT2D eigenvalue weighted by molar-refractivity contribution is 5.91. The zero-order valence-electron chi connectivity index (χ0n) is 15.4. The molecule has 0 spiro atoms. The van der Waals surface area contributed by atoms with Gasteiger partial charge in [0.25, 0.3) is 0 Å². The van der Waals surface area contributed by atoms with Gasteiger partial charge in [0, 0.05) is 23.3 Å². The van der Waals surface area contributed by atoms with Gasteiger partial charge in [-0.2, -0.15) is 0 Å². The fourth-order valence-corrected chi connectivity index (χ4v) is 2.81. The summed E-state index contributed by atoms with van der Waals surface area (Å²) in [6.07, 6.45) is 1.52. The van der Waals surface area contributed by atoms with Gasteiger partial charge in [-0.1, -0.05) is 4.63 Å². The minimum Gasteiger partial charge on any atom is -0.493 e. The second kappa shape index (κ2) is 7.51. The van der Waals surface area contributed by atoms with Crippen LogP contribution in [0.4, 0.5) is 0 Å². The Morgan fingerprint density at radius 1 is 1.23 bits per heavy atom. The number of furan rings is 1. The third-order valence-electron chi connectivity index (χ3n) is 4.02. The average Bonchev–Trinajstić information content (AvgIpc) is 3.22. The number of carbonyl (C=O) groups is 1. The van der Waals surface area contributed by atoms with Crippen LogP contribution in [0.1, 0.15) is 40.8 Å². The van der Waals surface area contributed by atoms with E-state index in [4.69, 9.17) is 13.8 Å². The first kappa shape index (κ1) is 17.8. The molecule has 3 aromatic rings. The van der Waals surface area contributed by atoms with Gasteiger partial charge in [-0.25, -0.2) is 0 Å². The second-order valence-electron chi connectivity index (χ2n) is 6.27. The minimum absolute atomic E-state index is 0.0611. The molecule has 7 heteroatoms. The Kier molecular flexibility index (Phi) is 5.16. The number of benzene rings is 1. The van der Waals surface area contributed by atoms with E-state index in [9.17, 15) is 4.79 Å². The number of Topliss-reactive ketones (excluding diaryl/α,β-unsaturated/α-hetero) is 1. The molecule has 0 saturated carbocycles. The third kappa shape index (κ3) is 3.99. The maximum Gasteiger partial charge on any atom is 0.363 e. The number of nitrogens with zero attached hydrogens (tertiary/aromatic N) is 3. The van der Waals surface area contributed by atoms with Gasteiger partial charge in [-0.3, -0.25) is 4.79 Å². The quantitative estimate of drug-likeness (QED) is 0.368. The van der Waals surface area contributed by atoms with Crippen LogP contribution in [0.3, 0.4) is 0 Å². The molecule has 0 fully saturated rings. The summed E-state index contributed by atoms with van der Waals surface area (Å²) < 4.78 is 16.4. The Hall–Kier alpha value is -2.96. The number of rotatable bonds is 7. The minimum atomic E-state index is -0.0611. The zero-order valence-corrected chi connectivity index (χ0v) is 15.4. The fraction of sp³-hybridized carbons (Fsp3) is 0.368. The van der Waals surface area contributed by atoms with Crippen molar-refractivity contribution in [2.45, 2.75) is 33.6 Å². The highest BCUT2D eigenvalue weighted by Gasteiger charge is 2.17. The van der Waals surface area contributed by atoms with E-state index in [1.54, 1.807) is 13.1 Å². The van der Waals surface area contributed by atoms with Crippen LogP contribution in [0, 0.1) is 13.8 Å². The topological polar surface area (TPSA) is 82.2 Å². The molecular weight excluding hydrogens is 334 g/mol. The van der Waals surface area contributed by atoms with E-state index < -0.39 is 0 Å². The molecule has 0 N–H and O–H groups in total. The Morgan fingerprint density at radius 3 is 2.54 bits per heavy atom. The molecule has 1 aromatic carbocycles. The highest BCUT2D eigenvalue weighted by atomic mass is 16.6. The first-order valence-electron chi connectivity index (χ1n) is 8.48. The molecule has 0 amide bonds. The fourth-order valence-electron chi connectivity index (χ4n) is 2.81. The summed E-state index contributed by atoms with van der Waals surface area (Å²) in [6.45, 7) is 6.05. The van der Waals surface area contributed by atoms with Crippen molar-refractivity contribution in [3.63, 3.8) is 0 Å². The number of ether oxygens (including phenoxy) is 1. The van der Waals surface area contributed by atoms with Gasteiger partial charge in [0.1, 0.15) is 18.6 Å². The van der Waals surface area contributed by atoms with Gasteiger partial charge in [-0.05, 0) is 55.7 Å². The van der Waals surface area contributed by atoms with Crippen LogP contribution < -0.4 is 9.59 Å². The van der Waals surface area contributed by atoms with Crippen molar-refractivity contribution in [3.05, 3.63) is 46.9 Å². The highest BCUT2D eigenvalue weighted by Crippen LogP contribution is 2.28. The summed E-state index contributed by atoms with van der Waals surface area (Å²) in [7, 11) is 1.69. The zero-order chi connectivity index (χ0) is 18.7. The van der Waals surface area contributed by atoms with Gasteiger partial charge in [0.05, 0.1) is 12.2 Å². The van der Waals surface area contributed by atoms with E-state index in [-0.39, 0.29) is 5.78 Å². The van der Waals surface area contributed by atoms with Crippen LogP contribution in [0.2, 0.25) is 0 Å². The molecule has 3 rings (SSSR count). The lowest BCUT2D eigenvalue weighted by atomic mass is 10.1. The molecule has 7 nitrogen and oxygen atoms in total. The average molecular weight is 356 g/mol. The first-order valence-corrected chi connectivity index (χ1v) is 8.48. The van der Waals surface area contributed by atoms with E-state index >= 15 is 0 Å². The SMILES string of the molecule is CC(=O)c1ccc(CCCOc2c(C)cc(-c3no[n+](C)n3)cc2C)o1. The van der Waals surface area contributed by atoms with Gasteiger partial charge < -0.3 is 9.15 Å². The molecule has 0 aliphatic heterocycles. The van der Waals surface area contributed by atoms with Gasteiger partial charge in [0.2, 0.25) is 0 Å². The maximum atomic E-state index is 11.2. The lowest BCUT2D eigenvalue weighted by molar-refractivity contribution is -0.898. The number of hydrogen-bond acceptors (Lipinski definition) is 6. The lowest BCUT2D eigenvalue weighted by Crippen LogP contribution is -2.28. The van der Waals surface area contributed by atoms with Crippen LogP contribution in [0.15, 0.2) is 33.3 Å². The number of carbonyl (C=O) groups excluding carboxylic acids is 1. The first-order chi connectivity index (χ1) is 12.4. The molecule has 2 aromatic heterocycles. The Morgan fingerprint density at radius 2 is 1.96 bits per heavy atom. The van der Waals surface area contributed by atoms with E-state index in [2.05, 4.69) is 10.3 Å². The molecule has 0 aliphatic carbocycles. The van der Waals surface area contributed by atoms with Crippen LogP contribution in [-0.4, -0.2) is 22.6 Å². The number of ketones is 1. The van der Waals surface area contributed by atoms with Crippen LogP contribution >= 0.6 is 0 Å². The van der Waals surface area contributed by atoms with Crippen molar-refractivity contribution in [1.82, 2.24) is 10.3 Å². The van der Waals surface area contributed by atoms with Gasteiger partial charge >= 0.3 is 5.82 Å². The second-order valence-corrected chi connectivity index (χ2v) is 6.27. The van der Waals surface area contributed by atoms with E-state index in [1.807, 2.05) is 32.0 Å². The van der Waals surface area contributed by atoms with Gasteiger partial charge in [-0.15, -0.1) is 0 Å². The van der Waals surface area contributed by atoms with Crippen molar-refractivity contribution >= 4 is 5.78 Å². The molecular formula is C19H22N3O4+. The summed E-state index contributed by atoms with van der Waals surface area (Å²) in [5.41, 5.74) is 2.93. The number of hydrogen-bond donors (Lipinski definition) is 0. The molecule has 136 valence electrons. The summed E-state index contributed by atoms with van der Waals surface area (Å²) in [5.74, 6) is 2.55. The normalized spacial score (nSPS) is 10.9. The Balaban J connectivity index is 1.60. The molecule has 0 bridgehead atoms. The van der Waals surface area contributed by atoms with Crippen molar-refractivity contribution in [3.8, 4) is 17.1 Å².